The van der Waals surface area contributed by atoms with Gasteiger partial charge in [0.2, 0.25) is 0 Å². The summed E-state index contributed by atoms with van der Waals surface area (Å²) >= 11 is 0. The molecule has 8 heterocycles. The molecule has 8 aromatic heterocycles. The van der Waals surface area contributed by atoms with Gasteiger partial charge >= 0.3 is 0 Å². The van der Waals surface area contributed by atoms with Crippen LogP contribution < -0.4 is 0 Å². The molecular weight excluding hydrogens is 1550 g/mol. The summed E-state index contributed by atoms with van der Waals surface area (Å²) in [7, 11) is 0. The number of nitrogens with zero attached hydrogens (tertiary/aromatic N) is 8. The fourth-order valence-electron chi connectivity index (χ4n) is 19.8. The Kier molecular flexibility index (Phi) is 17.5. The molecule has 0 bridgehead atoms. The molecule has 0 unspecified atom stereocenters. The molecule has 26 aromatic rings. The Morgan fingerprint density at radius 2 is 0.484 bits per heavy atom. The first-order valence-corrected chi connectivity index (χ1v) is 43.6. The summed E-state index contributed by atoms with van der Waals surface area (Å²) < 4.78 is 9.46. The maximum Gasteiger partial charge on any atom is 0.0716 e. The Morgan fingerprint density at radius 1 is 0.156 bits per heavy atom. The van der Waals surface area contributed by atoms with Crippen LogP contribution in [0.1, 0.15) is 0 Å². The molecule has 0 aliphatic heterocycles. The van der Waals surface area contributed by atoms with Crippen molar-refractivity contribution in [2.24, 2.45) is 0 Å². The lowest BCUT2D eigenvalue weighted by atomic mass is 9.92. The van der Waals surface area contributed by atoms with Crippen LogP contribution in [0.4, 0.5) is 0 Å². The molecular formula is C120H76N8. The van der Waals surface area contributed by atoms with Gasteiger partial charge in [-0.05, 0) is 249 Å². The fourth-order valence-corrected chi connectivity index (χ4v) is 19.8. The van der Waals surface area contributed by atoms with Gasteiger partial charge in [0, 0.05) is 116 Å². The highest BCUT2D eigenvalue weighted by Crippen LogP contribution is 2.46. The van der Waals surface area contributed by atoms with Gasteiger partial charge < -0.3 is 18.3 Å². The predicted molar refractivity (Wildman–Crippen MR) is 535 cm³/mol. The van der Waals surface area contributed by atoms with E-state index in [0.29, 0.717) is 0 Å². The van der Waals surface area contributed by atoms with Crippen LogP contribution in [0.5, 0.6) is 0 Å². The Labute approximate surface area is 737 Å². The van der Waals surface area contributed by atoms with Crippen molar-refractivity contribution in [1.29, 1.82) is 0 Å². The van der Waals surface area contributed by atoms with E-state index in [1.807, 2.05) is 24.5 Å². The van der Waals surface area contributed by atoms with Crippen molar-refractivity contribution in [3.8, 4) is 112 Å². The van der Waals surface area contributed by atoms with Gasteiger partial charge in [0.05, 0.1) is 77.6 Å². The third kappa shape index (κ3) is 12.5. The fraction of sp³-hybridized carbons (Fsp3) is 0. The van der Waals surface area contributed by atoms with Crippen molar-refractivity contribution < 1.29 is 0 Å². The molecule has 0 spiro atoms. The summed E-state index contributed by atoms with van der Waals surface area (Å²) in [6, 6.07) is 162. The van der Waals surface area contributed by atoms with E-state index >= 15 is 0 Å². The van der Waals surface area contributed by atoms with Crippen molar-refractivity contribution in [2.75, 3.05) is 0 Å². The van der Waals surface area contributed by atoms with Gasteiger partial charge in [-0.25, -0.2) is 9.97 Å². The van der Waals surface area contributed by atoms with Gasteiger partial charge in [0.15, 0.2) is 0 Å². The van der Waals surface area contributed by atoms with E-state index in [-0.39, 0.29) is 0 Å². The highest BCUT2D eigenvalue weighted by atomic mass is 15.0. The monoisotopic (exact) mass is 1630 g/mol. The number of fused-ring (bicyclic) bond motifs is 16. The Balaban J connectivity index is 0.000000139. The summed E-state index contributed by atoms with van der Waals surface area (Å²) in [5.74, 6) is 0. The largest absolute Gasteiger partial charge is 0.309 e. The summed E-state index contributed by atoms with van der Waals surface area (Å²) in [6.07, 6.45) is 3.89. The second-order valence-corrected chi connectivity index (χ2v) is 33.2. The van der Waals surface area contributed by atoms with E-state index in [1.54, 1.807) is 0 Å². The van der Waals surface area contributed by atoms with Gasteiger partial charge in [-0.2, -0.15) is 0 Å². The quantitative estimate of drug-likeness (QED) is 0.122. The first kappa shape index (κ1) is 73.5. The van der Waals surface area contributed by atoms with E-state index in [9.17, 15) is 0 Å². The molecule has 128 heavy (non-hydrogen) atoms. The van der Waals surface area contributed by atoms with E-state index in [2.05, 4.69) is 460 Å². The third-order valence-electron chi connectivity index (χ3n) is 25.9. The molecule has 0 fully saturated rings. The van der Waals surface area contributed by atoms with E-state index in [0.717, 1.165) is 150 Å². The second kappa shape index (κ2) is 30.4. The van der Waals surface area contributed by atoms with E-state index in [4.69, 9.17) is 15.0 Å². The Morgan fingerprint density at radius 3 is 0.930 bits per heavy atom. The first-order valence-electron chi connectivity index (χ1n) is 43.6. The van der Waals surface area contributed by atoms with Crippen LogP contribution in [0.3, 0.4) is 0 Å². The van der Waals surface area contributed by atoms with Crippen LogP contribution in [0, 0.1) is 0 Å². The lowest BCUT2D eigenvalue weighted by molar-refractivity contribution is 1.18. The van der Waals surface area contributed by atoms with Crippen LogP contribution in [-0.2, 0) is 0 Å². The third-order valence-corrected chi connectivity index (χ3v) is 25.9. The van der Waals surface area contributed by atoms with Gasteiger partial charge in [0.25, 0.3) is 0 Å². The zero-order valence-corrected chi connectivity index (χ0v) is 69.5. The number of hydrogen-bond acceptors (Lipinski definition) is 4. The van der Waals surface area contributed by atoms with Gasteiger partial charge in [0.1, 0.15) is 0 Å². The smallest absolute Gasteiger partial charge is 0.0716 e. The maximum absolute atomic E-state index is 5.45. The van der Waals surface area contributed by atoms with Gasteiger partial charge in [-0.3, -0.25) is 9.97 Å². The zero-order chi connectivity index (χ0) is 84.3. The Hall–Kier alpha value is -17.2. The average molecular weight is 1630 g/mol. The topological polar surface area (TPSA) is 71.3 Å². The molecule has 596 valence electrons. The summed E-state index contributed by atoms with van der Waals surface area (Å²) in [6.45, 7) is 0. The van der Waals surface area contributed by atoms with Crippen LogP contribution in [-0.4, -0.2) is 38.2 Å². The standard InChI is InChI=1S/2C60H38N4/c1-3-16-44(17-4-1)63-57-24-11-8-21-48(57)52-36-40(27-30-59(52)63)39-26-29-55-51(35-39)50(42-15-13-14-41(34-42)46-32-33-61-54-23-10-7-20-47(46)54)38-56(62-55)43-28-31-60-53(37-43)49-22-9-12-25-58(49)64(60)45-18-5-2-6-19-45;1-3-14-46(15-4-1)63-57-21-11-8-18-48(57)52-35-42(28-31-59(52)63)41-27-30-55-51(34-41)50(40-25-23-39(24-26-40)45-33-43-13-7-10-20-54(43)61-38-45)37-56(62-55)44-29-32-60-53(36-44)49-19-9-12-22-58(49)64(60)47-16-5-2-6-17-47/h2*1-38H. The number of aromatic nitrogens is 8. The molecule has 0 N–H and O–H groups in total. The van der Waals surface area contributed by atoms with Crippen molar-refractivity contribution in [2.45, 2.75) is 0 Å². The number of pyridine rings is 4. The number of hydrogen-bond donors (Lipinski definition) is 0. The van der Waals surface area contributed by atoms with Crippen molar-refractivity contribution in [3.05, 3.63) is 461 Å². The number of benzene rings is 18. The van der Waals surface area contributed by atoms with Crippen LogP contribution in [0.2, 0.25) is 0 Å². The highest BCUT2D eigenvalue weighted by molar-refractivity contribution is 6.16. The van der Waals surface area contributed by atoms with Crippen LogP contribution in [0.15, 0.2) is 461 Å². The number of rotatable bonds is 12. The average Bonchev–Trinajstić information content (AvgIpc) is 1.44. The second-order valence-electron chi connectivity index (χ2n) is 33.2. The molecule has 0 saturated carbocycles. The zero-order valence-electron chi connectivity index (χ0n) is 69.5. The van der Waals surface area contributed by atoms with Gasteiger partial charge in [-0.15, -0.1) is 0 Å². The lowest BCUT2D eigenvalue weighted by Crippen LogP contribution is -1.94. The molecule has 0 amide bonds. The van der Waals surface area contributed by atoms with Gasteiger partial charge in [-0.1, -0.05) is 261 Å². The van der Waals surface area contributed by atoms with E-state index < -0.39 is 0 Å². The molecule has 0 aliphatic rings. The Bertz CT molecular complexity index is 8930. The van der Waals surface area contributed by atoms with Crippen molar-refractivity contribution >= 4 is 131 Å². The minimum atomic E-state index is 0.934. The first-order chi connectivity index (χ1) is 63.4. The molecule has 18 aromatic carbocycles. The molecule has 8 nitrogen and oxygen atoms in total. The van der Waals surface area contributed by atoms with Crippen molar-refractivity contribution in [1.82, 2.24) is 38.2 Å². The maximum atomic E-state index is 5.45. The lowest BCUT2D eigenvalue weighted by Gasteiger charge is -2.14. The summed E-state index contributed by atoms with van der Waals surface area (Å²) in [4.78, 5) is 20.3. The van der Waals surface area contributed by atoms with Crippen LogP contribution >= 0.6 is 0 Å². The summed E-state index contributed by atoms with van der Waals surface area (Å²) in [5.41, 5.74) is 35.7. The molecule has 26 rings (SSSR count). The van der Waals surface area contributed by atoms with E-state index in [1.165, 1.54) is 92.8 Å². The minimum absolute atomic E-state index is 0.934. The highest BCUT2D eigenvalue weighted by Gasteiger charge is 2.23. The SMILES string of the molecule is c1ccc(-n2c3ccccc3c3cc(-c4ccc5nc(-c6ccc7c(c6)c6ccccc6n7-c6ccccc6)cc(-c6ccc(-c7cnc8ccccc8c7)cc6)c5c4)ccc32)cc1.c1ccc(-n2c3ccccc3c3cc(-c4ccc5nc(-c6ccc7c(c6)c6ccccc6n7-c6ccccc6)cc(-c6cccc(-c7ccnc8ccccc78)c6)c5c4)ccc32)cc1. The molecule has 0 aliphatic carbocycles. The molecule has 0 atom stereocenters. The molecule has 0 saturated heterocycles. The molecule has 8 heteroatoms. The molecule has 0 radical (unpaired) electrons. The minimum Gasteiger partial charge on any atom is -0.309 e. The number of para-hydroxylation sites is 10. The predicted octanol–water partition coefficient (Wildman–Crippen LogP) is 31.3. The normalized spacial score (nSPS) is 11.8. The van der Waals surface area contributed by atoms with Crippen LogP contribution in [0.25, 0.3) is 243 Å². The van der Waals surface area contributed by atoms with Crippen molar-refractivity contribution in [3.63, 3.8) is 0 Å². The summed E-state index contributed by atoms with van der Waals surface area (Å²) in [5, 5.41) is 14.2.